The molecular formula is C53H86O24. The van der Waals surface area contributed by atoms with Gasteiger partial charge in [0.05, 0.1) is 44.7 Å². The second-order valence-electron chi connectivity index (χ2n) is 26.1. The Hall–Kier alpha value is -1.67. The van der Waals surface area contributed by atoms with E-state index < -0.39 is 188 Å². The summed E-state index contributed by atoms with van der Waals surface area (Å²) in [5.74, 6) is -1.93. The van der Waals surface area contributed by atoms with Crippen molar-refractivity contribution in [3.8, 4) is 0 Å². The van der Waals surface area contributed by atoms with Gasteiger partial charge >= 0.3 is 5.97 Å². The number of hydrogen-bond acceptors (Lipinski definition) is 23. The van der Waals surface area contributed by atoms with Crippen molar-refractivity contribution < 1.29 is 119 Å². The van der Waals surface area contributed by atoms with E-state index in [4.69, 9.17) is 37.9 Å². The smallest absolute Gasteiger partial charge is 0.335 e. The lowest BCUT2D eigenvalue weighted by Gasteiger charge is -2.73. The van der Waals surface area contributed by atoms with E-state index in [1.807, 2.05) is 13.8 Å². The molecule has 0 amide bonds. The topological polar surface area (TPSA) is 394 Å². The van der Waals surface area contributed by atoms with Gasteiger partial charge in [0.1, 0.15) is 85.5 Å². The molecule has 9 aliphatic rings. The number of carboxylic acid groups (broad SMARTS) is 1. The summed E-state index contributed by atoms with van der Waals surface area (Å²) in [5, 5.41) is 165. The molecule has 4 saturated carbocycles. The number of aliphatic hydroxyl groups is 14. The first-order valence-corrected chi connectivity index (χ1v) is 27.4. The van der Waals surface area contributed by atoms with Crippen molar-refractivity contribution in [3.63, 3.8) is 0 Å². The summed E-state index contributed by atoms with van der Waals surface area (Å²) >= 11 is 0. The molecule has 5 aliphatic carbocycles. The fraction of sp³-hybridized carbons (Fsp3) is 0.943. The SMILES string of the molecule is CC1(C)CC[C@]2(CO)[C@H](O)[C@H](O)[C@]3(C)C(=CC[C@@H]4[C@@]5(C)CC[C@H](O[C@@H]6O[C@H](C(=O)O)[C@@H](O)[C@H](O[C@@H]7OC[C@@H](O)[C@H](O)[C@H]7O[C@@H]7O[C@H](CO)[C@@H](O)[C@H](O)[C@H]7O)[C@H]6O[C@@H]6O[C@H](CO)[C@@H](O)[C@H](O)[C@H]6O)C(C)(C)[C@@H]5CC[C@]43C)[C@@H]2C1. The minimum absolute atomic E-state index is 0.0113. The molecule has 4 heterocycles. The van der Waals surface area contributed by atoms with Crippen LogP contribution in [0.15, 0.2) is 11.6 Å². The summed E-state index contributed by atoms with van der Waals surface area (Å²) in [4.78, 5) is 13.1. The zero-order valence-electron chi connectivity index (χ0n) is 44.9. The zero-order valence-corrected chi connectivity index (χ0v) is 44.9. The lowest BCUT2D eigenvalue weighted by molar-refractivity contribution is -0.401. The molecule has 24 heteroatoms. The van der Waals surface area contributed by atoms with Crippen molar-refractivity contribution in [2.45, 2.75) is 235 Å². The van der Waals surface area contributed by atoms with Crippen LogP contribution in [0.1, 0.15) is 99.8 Å². The Morgan fingerprint density at radius 3 is 1.75 bits per heavy atom. The summed E-state index contributed by atoms with van der Waals surface area (Å²) in [6.07, 6.45) is -31.7. The maximum absolute atomic E-state index is 13.1. The Labute approximate surface area is 447 Å². The molecule has 9 rings (SSSR count). The zero-order chi connectivity index (χ0) is 56.4. The summed E-state index contributed by atoms with van der Waals surface area (Å²) < 4.78 is 48.5. The van der Waals surface area contributed by atoms with Gasteiger partial charge in [0, 0.05) is 10.8 Å². The third kappa shape index (κ3) is 9.50. The van der Waals surface area contributed by atoms with Gasteiger partial charge in [-0.15, -0.1) is 0 Å². The highest BCUT2D eigenvalue weighted by atomic mass is 16.8. The largest absolute Gasteiger partial charge is 0.479 e. The van der Waals surface area contributed by atoms with E-state index in [9.17, 15) is 81.4 Å². The van der Waals surface area contributed by atoms with E-state index >= 15 is 0 Å². The van der Waals surface area contributed by atoms with Crippen LogP contribution in [0, 0.1) is 50.2 Å². The Morgan fingerprint density at radius 1 is 0.597 bits per heavy atom. The molecule has 29 atom stereocenters. The molecule has 0 aromatic rings. The predicted molar refractivity (Wildman–Crippen MR) is 260 cm³/mol. The van der Waals surface area contributed by atoms with Crippen LogP contribution in [-0.2, 0) is 42.7 Å². The number of rotatable bonds is 12. The number of allylic oxidation sites excluding steroid dienone is 1. The molecule has 4 saturated heterocycles. The first-order chi connectivity index (χ1) is 36.0. The van der Waals surface area contributed by atoms with Gasteiger partial charge < -0.3 is 114 Å². The quantitative estimate of drug-likeness (QED) is 0.0689. The van der Waals surface area contributed by atoms with E-state index in [0.717, 1.165) is 18.4 Å². The van der Waals surface area contributed by atoms with Crippen molar-refractivity contribution in [1.29, 1.82) is 0 Å². The highest BCUT2D eigenvalue weighted by Crippen LogP contribution is 2.76. The molecule has 4 aliphatic heterocycles. The minimum Gasteiger partial charge on any atom is -0.479 e. The van der Waals surface area contributed by atoms with E-state index in [2.05, 4.69) is 40.7 Å². The van der Waals surface area contributed by atoms with Crippen LogP contribution in [0.5, 0.6) is 0 Å². The van der Waals surface area contributed by atoms with Gasteiger partial charge in [-0.1, -0.05) is 60.1 Å². The molecule has 0 aromatic heterocycles. The van der Waals surface area contributed by atoms with Crippen LogP contribution in [0.25, 0.3) is 0 Å². The number of fused-ring (bicyclic) bond motifs is 7. The van der Waals surface area contributed by atoms with E-state index in [-0.39, 0.29) is 29.8 Å². The van der Waals surface area contributed by atoms with Gasteiger partial charge in [-0.25, -0.2) is 4.79 Å². The summed E-state index contributed by atoms with van der Waals surface area (Å²) in [6.45, 7) is 12.5. The third-order valence-electron chi connectivity index (χ3n) is 21.3. The average molecular weight is 1110 g/mol. The van der Waals surface area contributed by atoms with Gasteiger partial charge in [0.25, 0.3) is 0 Å². The minimum atomic E-state index is -2.22. The van der Waals surface area contributed by atoms with E-state index in [0.29, 0.717) is 38.5 Å². The van der Waals surface area contributed by atoms with Crippen LogP contribution in [0.2, 0.25) is 0 Å². The van der Waals surface area contributed by atoms with Crippen LogP contribution < -0.4 is 0 Å². The lowest BCUT2D eigenvalue weighted by Crippen LogP contribution is -2.72. The predicted octanol–water partition coefficient (Wildman–Crippen LogP) is -2.89. The molecular weight excluding hydrogens is 1020 g/mol. The fourth-order valence-corrected chi connectivity index (χ4v) is 16.5. The maximum Gasteiger partial charge on any atom is 0.335 e. The second kappa shape index (κ2) is 21.5. The second-order valence-corrected chi connectivity index (χ2v) is 26.1. The highest BCUT2D eigenvalue weighted by Gasteiger charge is 2.73. The normalized spacial score (nSPS) is 54.5. The molecule has 442 valence electrons. The molecule has 8 fully saturated rings. The van der Waals surface area contributed by atoms with Gasteiger partial charge in [-0.05, 0) is 90.8 Å². The van der Waals surface area contributed by atoms with Gasteiger partial charge in [-0.2, -0.15) is 0 Å². The Balaban J connectivity index is 1.04. The number of aliphatic carboxylic acids is 1. The van der Waals surface area contributed by atoms with Crippen molar-refractivity contribution in [2.75, 3.05) is 26.4 Å². The number of aliphatic hydroxyl groups excluding tert-OH is 14. The first kappa shape index (κ1) is 59.9. The van der Waals surface area contributed by atoms with Crippen molar-refractivity contribution in [2.24, 2.45) is 50.2 Å². The van der Waals surface area contributed by atoms with Crippen LogP contribution in [0.4, 0.5) is 0 Å². The number of carbonyl (C=O) groups is 1. The van der Waals surface area contributed by atoms with Crippen LogP contribution in [-0.4, -0.2) is 244 Å². The molecule has 0 spiro atoms. The number of carboxylic acids is 1. The van der Waals surface area contributed by atoms with Crippen molar-refractivity contribution in [1.82, 2.24) is 0 Å². The third-order valence-corrected chi connectivity index (χ3v) is 21.3. The molecule has 15 N–H and O–H groups in total. The monoisotopic (exact) mass is 1110 g/mol. The van der Waals surface area contributed by atoms with Crippen molar-refractivity contribution >= 4 is 5.97 Å². The molecule has 0 aromatic carbocycles. The molecule has 0 unspecified atom stereocenters. The van der Waals surface area contributed by atoms with Crippen LogP contribution in [0.3, 0.4) is 0 Å². The van der Waals surface area contributed by atoms with Crippen LogP contribution >= 0.6 is 0 Å². The molecule has 77 heavy (non-hydrogen) atoms. The first-order valence-electron chi connectivity index (χ1n) is 27.4. The van der Waals surface area contributed by atoms with Gasteiger partial charge in [-0.3, -0.25) is 0 Å². The Morgan fingerprint density at radius 2 is 1.18 bits per heavy atom. The number of hydrogen-bond donors (Lipinski definition) is 15. The Kier molecular flexibility index (Phi) is 16.7. The molecule has 0 bridgehead atoms. The summed E-state index contributed by atoms with van der Waals surface area (Å²) in [7, 11) is 0. The highest BCUT2D eigenvalue weighted by molar-refractivity contribution is 5.73. The Bertz CT molecular complexity index is 2130. The standard InChI is InChI=1S/C53H86O24/c1-48(2)14-15-53(20-56)22(16-48)21-8-9-27-50(5)12-11-28(49(3,4)26(50)10-13-51(27,6)52(21,7)41(66)42(53)67)73-47-40(77-45-35(64)33(62)31(60)25(18-55)72-45)37(36(65)38(75-47)43(68)69)74-46-39(29(58)23(57)19-70-46)76-44-34(63)32(61)30(59)24(17-54)71-44/h8,22-42,44-47,54-67H,9-20H2,1-7H3,(H,68,69)/t22-,23+,24+,25+,26-,27+,28-,29-,30+,31+,32-,33-,34+,35+,36-,37-,38-,39+,40+,41-,42+,44-,45-,46-,47+,50-,51+,52-,53+/m0/s1. The summed E-state index contributed by atoms with van der Waals surface area (Å²) in [6, 6.07) is 0. The van der Waals surface area contributed by atoms with Gasteiger partial charge in [0.15, 0.2) is 31.3 Å². The molecule has 24 nitrogen and oxygen atoms in total. The van der Waals surface area contributed by atoms with E-state index in [1.165, 1.54) is 0 Å². The fourth-order valence-electron chi connectivity index (χ4n) is 16.5. The van der Waals surface area contributed by atoms with Gasteiger partial charge in [0.2, 0.25) is 0 Å². The summed E-state index contributed by atoms with van der Waals surface area (Å²) in [5.41, 5.74) is -2.34. The lowest BCUT2D eigenvalue weighted by atomic mass is 9.32. The molecule has 0 radical (unpaired) electrons. The number of ether oxygens (including phenoxy) is 8. The van der Waals surface area contributed by atoms with E-state index in [1.54, 1.807) is 0 Å². The van der Waals surface area contributed by atoms with Crippen molar-refractivity contribution in [3.05, 3.63) is 11.6 Å². The average Bonchev–Trinajstić information content (AvgIpc) is 3.47. The maximum atomic E-state index is 13.1.